The molecule has 1 aromatic carbocycles. The van der Waals surface area contributed by atoms with Crippen LogP contribution in [-0.2, 0) is 18.7 Å². The van der Waals surface area contributed by atoms with Gasteiger partial charge in [-0.1, -0.05) is 23.4 Å². The monoisotopic (exact) mass is 512 g/mol. The summed E-state index contributed by atoms with van der Waals surface area (Å²) in [6, 6.07) is 15.4. The molecule has 5 aromatic rings. The van der Waals surface area contributed by atoms with E-state index in [2.05, 4.69) is 31.7 Å². The Labute approximate surface area is 217 Å². The number of aliphatic hydroxyl groups is 1. The van der Waals surface area contributed by atoms with Crippen LogP contribution in [0, 0.1) is 11.3 Å². The van der Waals surface area contributed by atoms with Crippen molar-refractivity contribution >= 4 is 27.5 Å². The summed E-state index contributed by atoms with van der Waals surface area (Å²) in [5, 5.41) is 33.5. The molecule has 0 unspecified atom stereocenters. The smallest absolute Gasteiger partial charge is 0.224 e. The first-order chi connectivity index (χ1) is 17.8. The van der Waals surface area contributed by atoms with Gasteiger partial charge in [-0.15, -0.1) is 16.4 Å². The summed E-state index contributed by atoms with van der Waals surface area (Å²) >= 11 is 1.40. The third kappa shape index (κ3) is 5.25. The first-order valence-corrected chi connectivity index (χ1v) is 12.4. The van der Waals surface area contributed by atoms with Gasteiger partial charge in [0.2, 0.25) is 5.95 Å². The van der Waals surface area contributed by atoms with Gasteiger partial charge in [0.25, 0.3) is 0 Å². The van der Waals surface area contributed by atoms with Gasteiger partial charge in [0.1, 0.15) is 34.3 Å². The minimum Gasteiger partial charge on any atom is -0.497 e. The summed E-state index contributed by atoms with van der Waals surface area (Å²) in [5.74, 6) is 1.17. The molecule has 0 spiro atoms. The molecule has 0 aliphatic heterocycles. The molecule has 10 nitrogen and oxygen atoms in total. The molecule has 0 amide bonds. The molecule has 4 aromatic heterocycles. The van der Waals surface area contributed by atoms with Gasteiger partial charge in [-0.3, -0.25) is 4.98 Å². The van der Waals surface area contributed by atoms with Crippen LogP contribution in [0.4, 0.5) is 5.95 Å². The van der Waals surface area contributed by atoms with Crippen molar-refractivity contribution in [1.82, 2.24) is 29.9 Å². The molecule has 37 heavy (non-hydrogen) atoms. The molecule has 0 aliphatic rings. The maximum Gasteiger partial charge on any atom is 0.224 e. The third-order valence-corrected chi connectivity index (χ3v) is 6.66. The van der Waals surface area contributed by atoms with Crippen molar-refractivity contribution in [3.8, 4) is 23.2 Å². The summed E-state index contributed by atoms with van der Waals surface area (Å²) in [7, 11) is 1.63. The highest BCUT2D eigenvalue weighted by molar-refractivity contribution is 7.18. The van der Waals surface area contributed by atoms with E-state index < -0.39 is 5.60 Å². The largest absolute Gasteiger partial charge is 0.497 e. The fourth-order valence-corrected chi connectivity index (χ4v) is 4.66. The fourth-order valence-electron chi connectivity index (χ4n) is 3.73. The Morgan fingerprint density at radius 1 is 1.14 bits per heavy atom. The molecule has 0 aliphatic carbocycles. The van der Waals surface area contributed by atoms with Crippen molar-refractivity contribution in [3.05, 3.63) is 76.6 Å². The zero-order valence-electron chi connectivity index (χ0n) is 20.5. The molecule has 0 atom stereocenters. The van der Waals surface area contributed by atoms with Crippen LogP contribution in [0.5, 0.6) is 5.75 Å². The maximum absolute atomic E-state index is 10.3. The number of hydrogen-bond acceptors (Lipinski definition) is 10. The predicted molar refractivity (Wildman–Crippen MR) is 140 cm³/mol. The van der Waals surface area contributed by atoms with Gasteiger partial charge in [0.05, 0.1) is 41.5 Å². The number of rotatable bonds is 8. The number of fused-ring (bicyclic) bond motifs is 1. The average Bonchev–Trinajstić information content (AvgIpc) is 3.54. The zero-order chi connectivity index (χ0) is 26.0. The van der Waals surface area contributed by atoms with E-state index in [0.29, 0.717) is 47.2 Å². The van der Waals surface area contributed by atoms with Gasteiger partial charge in [-0.05, 0) is 43.7 Å². The van der Waals surface area contributed by atoms with Crippen molar-refractivity contribution in [1.29, 1.82) is 5.26 Å². The molecule has 4 heterocycles. The second kappa shape index (κ2) is 9.93. The van der Waals surface area contributed by atoms with Gasteiger partial charge in [0.15, 0.2) is 0 Å². The molecule has 11 heteroatoms. The van der Waals surface area contributed by atoms with E-state index in [1.807, 2.05) is 36.4 Å². The zero-order valence-corrected chi connectivity index (χ0v) is 21.3. The minimum absolute atomic E-state index is 0.377. The molecule has 2 N–H and O–H groups in total. The number of hydrogen-bond donors (Lipinski definition) is 2. The topological polar surface area (TPSA) is 135 Å². The SMILES string of the molecule is COc1ccc(CNc2nc(-c3cn(Cc4cccc(C(C)(C)O)n4)nn3)c3scc(C#N)c3n2)cc1. The molecular weight excluding hydrogens is 488 g/mol. The Balaban J connectivity index is 1.44. The number of nitrogens with one attached hydrogen (secondary N) is 1. The number of methoxy groups -OCH3 is 1. The van der Waals surface area contributed by atoms with E-state index in [-0.39, 0.29) is 0 Å². The lowest BCUT2D eigenvalue weighted by atomic mass is 10.0. The summed E-state index contributed by atoms with van der Waals surface area (Å²) < 4.78 is 7.65. The second-order valence-corrected chi connectivity index (χ2v) is 9.79. The minimum atomic E-state index is -1.04. The van der Waals surface area contributed by atoms with Gasteiger partial charge < -0.3 is 15.2 Å². The lowest BCUT2D eigenvalue weighted by Crippen LogP contribution is -2.18. The number of thiophene rings is 1. The van der Waals surface area contributed by atoms with E-state index >= 15 is 0 Å². The first kappa shape index (κ1) is 24.3. The number of nitrogens with zero attached hydrogens (tertiary/aromatic N) is 7. The van der Waals surface area contributed by atoms with Crippen LogP contribution < -0.4 is 10.1 Å². The highest BCUT2D eigenvalue weighted by Gasteiger charge is 2.19. The van der Waals surface area contributed by atoms with Gasteiger partial charge in [-0.2, -0.15) is 5.26 Å². The van der Waals surface area contributed by atoms with Gasteiger partial charge in [0, 0.05) is 11.9 Å². The maximum atomic E-state index is 10.3. The number of benzene rings is 1. The Bertz CT molecular complexity index is 1600. The Hall–Kier alpha value is -4.40. The van der Waals surface area contributed by atoms with Crippen LogP contribution in [0.2, 0.25) is 0 Å². The van der Waals surface area contributed by atoms with Crippen LogP contribution in [-0.4, -0.2) is 42.2 Å². The van der Waals surface area contributed by atoms with Crippen LogP contribution in [0.1, 0.15) is 36.4 Å². The van der Waals surface area contributed by atoms with Crippen LogP contribution >= 0.6 is 11.3 Å². The lowest BCUT2D eigenvalue weighted by molar-refractivity contribution is 0.0736. The van der Waals surface area contributed by atoms with Gasteiger partial charge >= 0.3 is 0 Å². The first-order valence-electron chi connectivity index (χ1n) is 11.5. The normalized spacial score (nSPS) is 11.4. The summed E-state index contributed by atoms with van der Waals surface area (Å²) in [5.41, 5.74) is 3.53. The van der Waals surface area contributed by atoms with Crippen molar-refractivity contribution in [2.24, 2.45) is 0 Å². The van der Waals surface area contributed by atoms with E-state index in [9.17, 15) is 10.4 Å². The average molecular weight is 513 g/mol. The lowest BCUT2D eigenvalue weighted by Gasteiger charge is -2.17. The highest BCUT2D eigenvalue weighted by atomic mass is 32.1. The van der Waals surface area contributed by atoms with Crippen LogP contribution in [0.3, 0.4) is 0 Å². The quantitative estimate of drug-likeness (QED) is 0.315. The highest BCUT2D eigenvalue weighted by Crippen LogP contribution is 2.33. The Morgan fingerprint density at radius 2 is 1.95 bits per heavy atom. The molecule has 186 valence electrons. The molecular formula is C26H24N8O2S. The molecule has 0 radical (unpaired) electrons. The van der Waals surface area contributed by atoms with Crippen molar-refractivity contribution < 1.29 is 9.84 Å². The number of anilines is 1. The standard InChI is InChI=1S/C26H24N8O2S/c1-26(2,35)21-6-4-5-18(29-21)13-34-14-20(32-33-34)23-24-22(17(11-27)15-37-24)30-25(31-23)28-12-16-7-9-19(36-3)10-8-16/h4-10,14-15,35H,12-13H2,1-3H3,(H,28,30,31). The van der Waals surface area contributed by atoms with E-state index in [0.717, 1.165) is 21.7 Å². The third-order valence-electron chi connectivity index (χ3n) is 5.68. The van der Waals surface area contributed by atoms with Crippen molar-refractivity contribution in [2.45, 2.75) is 32.5 Å². The molecule has 0 fully saturated rings. The molecule has 5 rings (SSSR count). The van der Waals surface area contributed by atoms with E-state index in [4.69, 9.17) is 9.72 Å². The van der Waals surface area contributed by atoms with Crippen LogP contribution in [0.25, 0.3) is 21.6 Å². The number of ether oxygens (including phenoxy) is 1. The molecule has 0 saturated heterocycles. The molecule has 0 bridgehead atoms. The summed E-state index contributed by atoms with van der Waals surface area (Å²) in [6.07, 6.45) is 1.79. The number of aromatic nitrogens is 6. The second-order valence-electron chi connectivity index (χ2n) is 8.91. The van der Waals surface area contributed by atoms with Crippen LogP contribution in [0.15, 0.2) is 54.0 Å². The fraction of sp³-hybridized carbons (Fsp3) is 0.231. The summed E-state index contributed by atoms with van der Waals surface area (Å²) in [6.45, 7) is 4.27. The number of nitriles is 1. The Kier molecular flexibility index (Phi) is 6.52. The van der Waals surface area contributed by atoms with E-state index in [1.54, 1.807) is 43.3 Å². The van der Waals surface area contributed by atoms with E-state index in [1.165, 1.54) is 11.3 Å². The summed E-state index contributed by atoms with van der Waals surface area (Å²) in [4.78, 5) is 13.9. The Morgan fingerprint density at radius 3 is 2.68 bits per heavy atom. The van der Waals surface area contributed by atoms with Crippen molar-refractivity contribution in [2.75, 3.05) is 12.4 Å². The number of pyridine rings is 1. The van der Waals surface area contributed by atoms with Gasteiger partial charge in [-0.25, -0.2) is 14.6 Å². The molecule has 0 saturated carbocycles. The predicted octanol–water partition coefficient (Wildman–Crippen LogP) is 4.11. The van der Waals surface area contributed by atoms with Crippen molar-refractivity contribution in [3.63, 3.8) is 0 Å².